The van der Waals surface area contributed by atoms with Gasteiger partial charge in [0.05, 0.1) is 0 Å². The van der Waals surface area contributed by atoms with Crippen molar-refractivity contribution in [2.45, 2.75) is 6.92 Å². The molecule has 0 aliphatic heterocycles. The largest absolute Gasteiger partial charge is 0.457 e. The molecule has 23 heavy (non-hydrogen) atoms. The van der Waals surface area contributed by atoms with Crippen LogP contribution < -0.4 is 10.2 Å². The third-order valence-corrected chi connectivity index (χ3v) is 2.81. The quantitative estimate of drug-likeness (QED) is 0.266. The Kier molecular flexibility index (Phi) is 6.28. The van der Waals surface area contributed by atoms with E-state index in [9.17, 15) is 9.59 Å². The van der Waals surface area contributed by atoms with E-state index in [0.717, 1.165) is 0 Å². The third-order valence-electron chi connectivity index (χ3n) is 2.81. The Labute approximate surface area is 133 Å². The normalized spacial score (nSPS) is 10.1. The van der Waals surface area contributed by atoms with E-state index in [0.29, 0.717) is 18.1 Å². The molecule has 6 heteroatoms. The average molecular weight is 315 g/mol. The predicted molar refractivity (Wildman–Crippen MR) is 83.0 cm³/mol. The lowest BCUT2D eigenvalue weighted by molar-refractivity contribution is -0.142. The molecule has 1 N–H and O–H groups in total. The first-order valence-electron chi connectivity index (χ1n) is 7.08. The van der Waals surface area contributed by atoms with Crippen molar-refractivity contribution in [1.29, 1.82) is 0 Å². The van der Waals surface area contributed by atoms with E-state index >= 15 is 0 Å². The van der Waals surface area contributed by atoms with Crippen LogP contribution in [0.5, 0.6) is 11.5 Å². The fraction of sp³-hybridized carbons (Fsp3) is 0.176. The van der Waals surface area contributed by atoms with Crippen LogP contribution >= 0.6 is 0 Å². The van der Waals surface area contributed by atoms with E-state index < -0.39 is 11.7 Å². The Morgan fingerprint density at radius 1 is 0.957 bits per heavy atom. The number of hydroxylamine groups is 1. The maximum Gasteiger partial charge on any atom is 0.315 e. The fourth-order valence-corrected chi connectivity index (χ4v) is 1.70. The number of hydrogen-bond acceptors (Lipinski definition) is 5. The van der Waals surface area contributed by atoms with Crippen molar-refractivity contribution in [3.63, 3.8) is 0 Å². The number of carbonyl (C=O) groups is 2. The fourth-order valence-electron chi connectivity index (χ4n) is 1.70. The highest BCUT2D eigenvalue weighted by molar-refractivity contribution is 6.42. The molecule has 0 heterocycles. The van der Waals surface area contributed by atoms with Crippen molar-refractivity contribution in [3.05, 3.63) is 60.2 Å². The molecule has 2 aromatic carbocycles. The number of ketones is 1. The minimum atomic E-state index is -0.860. The maximum absolute atomic E-state index is 11.9. The van der Waals surface area contributed by atoms with Gasteiger partial charge < -0.3 is 9.47 Å². The minimum Gasteiger partial charge on any atom is -0.457 e. The molecule has 2 rings (SSSR count). The zero-order chi connectivity index (χ0) is 16.5. The van der Waals surface area contributed by atoms with Gasteiger partial charge in [-0.25, -0.2) is 10.3 Å². The molecule has 1 amide bonds. The Balaban J connectivity index is 1.90. The second-order valence-corrected chi connectivity index (χ2v) is 4.45. The number of hydrogen-bond donors (Lipinski definition) is 1. The van der Waals surface area contributed by atoms with Gasteiger partial charge in [0.2, 0.25) is 0 Å². The van der Waals surface area contributed by atoms with E-state index in [4.69, 9.17) is 14.3 Å². The molecule has 0 saturated heterocycles. The van der Waals surface area contributed by atoms with Gasteiger partial charge >= 0.3 is 5.91 Å². The third kappa shape index (κ3) is 5.21. The lowest BCUT2D eigenvalue weighted by Gasteiger charge is -2.07. The monoisotopic (exact) mass is 315 g/mol. The summed E-state index contributed by atoms with van der Waals surface area (Å²) in [5.41, 5.74) is 2.26. The Morgan fingerprint density at radius 2 is 1.61 bits per heavy atom. The summed E-state index contributed by atoms with van der Waals surface area (Å²) in [6.07, 6.45) is 0. The van der Waals surface area contributed by atoms with Gasteiger partial charge in [0.25, 0.3) is 5.78 Å². The summed E-state index contributed by atoms with van der Waals surface area (Å²) in [6.45, 7) is 2.13. The summed E-state index contributed by atoms with van der Waals surface area (Å²) in [7, 11) is 0. The van der Waals surface area contributed by atoms with E-state index in [-0.39, 0.29) is 12.4 Å². The first-order valence-corrected chi connectivity index (χ1v) is 7.08. The molecule has 0 saturated carbocycles. The number of rotatable bonds is 8. The van der Waals surface area contributed by atoms with Crippen molar-refractivity contribution in [3.8, 4) is 11.5 Å². The van der Waals surface area contributed by atoms with E-state index in [1.54, 1.807) is 19.1 Å². The summed E-state index contributed by atoms with van der Waals surface area (Å²) < 4.78 is 10.5. The van der Waals surface area contributed by atoms with E-state index in [1.165, 1.54) is 12.1 Å². The molecule has 6 nitrogen and oxygen atoms in total. The SMILES string of the molecule is CCOCONC(=O)C(=O)c1ccc(Oc2ccccc2)cc1. The van der Waals surface area contributed by atoms with Crippen LogP contribution in [-0.4, -0.2) is 25.1 Å². The molecule has 0 aliphatic rings. The number of para-hydroxylation sites is 1. The number of amides is 1. The van der Waals surface area contributed by atoms with Gasteiger partial charge in [-0.3, -0.25) is 9.59 Å². The summed E-state index contributed by atoms with van der Waals surface area (Å²) in [6, 6.07) is 15.5. The van der Waals surface area contributed by atoms with E-state index in [1.807, 2.05) is 35.8 Å². The zero-order valence-corrected chi connectivity index (χ0v) is 12.7. The van der Waals surface area contributed by atoms with Crippen molar-refractivity contribution >= 4 is 11.7 Å². The van der Waals surface area contributed by atoms with Gasteiger partial charge in [-0.15, -0.1) is 0 Å². The summed E-state index contributed by atoms with van der Waals surface area (Å²) in [5.74, 6) is -0.302. The molecule has 0 radical (unpaired) electrons. The summed E-state index contributed by atoms with van der Waals surface area (Å²) in [4.78, 5) is 28.2. The van der Waals surface area contributed by atoms with Crippen LogP contribution in [0.1, 0.15) is 17.3 Å². The standard InChI is InChI=1S/C17H17NO5/c1-2-21-12-22-18-17(20)16(19)13-8-10-15(11-9-13)23-14-6-4-3-5-7-14/h3-11H,2,12H2,1H3,(H,18,20). The van der Waals surface area contributed by atoms with Gasteiger partial charge in [0.15, 0.2) is 6.79 Å². The Bertz CT molecular complexity index is 640. The number of ether oxygens (including phenoxy) is 2. The van der Waals surface area contributed by atoms with Gasteiger partial charge in [0.1, 0.15) is 11.5 Å². The first-order chi connectivity index (χ1) is 11.2. The van der Waals surface area contributed by atoms with Crippen LogP contribution in [0.3, 0.4) is 0 Å². The molecule has 120 valence electrons. The van der Waals surface area contributed by atoms with Crippen LogP contribution in [0.2, 0.25) is 0 Å². The highest BCUT2D eigenvalue weighted by Gasteiger charge is 2.16. The smallest absolute Gasteiger partial charge is 0.315 e. The highest BCUT2D eigenvalue weighted by atomic mass is 16.8. The number of carbonyl (C=O) groups excluding carboxylic acids is 2. The minimum absolute atomic E-state index is 0.112. The number of benzene rings is 2. The Hall–Kier alpha value is -2.70. The topological polar surface area (TPSA) is 73.9 Å². The van der Waals surface area contributed by atoms with Crippen LogP contribution in [0, 0.1) is 0 Å². The second-order valence-electron chi connectivity index (χ2n) is 4.45. The van der Waals surface area contributed by atoms with Crippen molar-refractivity contribution < 1.29 is 23.9 Å². The van der Waals surface area contributed by atoms with Crippen molar-refractivity contribution in [1.82, 2.24) is 5.48 Å². The number of Topliss-reactive ketones (excluding diaryl/α,β-unsaturated/α-hetero) is 1. The van der Waals surface area contributed by atoms with Crippen LogP contribution in [-0.2, 0) is 14.4 Å². The zero-order valence-electron chi connectivity index (χ0n) is 12.7. The molecular weight excluding hydrogens is 298 g/mol. The molecule has 2 aromatic rings. The van der Waals surface area contributed by atoms with Crippen molar-refractivity contribution in [2.75, 3.05) is 13.4 Å². The molecule has 0 aliphatic carbocycles. The summed E-state index contributed by atoms with van der Waals surface area (Å²) >= 11 is 0. The molecule has 0 unspecified atom stereocenters. The first kappa shape index (κ1) is 16.7. The maximum atomic E-state index is 11.9. The number of nitrogens with one attached hydrogen (secondary N) is 1. The van der Waals surface area contributed by atoms with Gasteiger partial charge in [-0.1, -0.05) is 18.2 Å². The highest BCUT2D eigenvalue weighted by Crippen LogP contribution is 2.21. The lowest BCUT2D eigenvalue weighted by atomic mass is 10.1. The molecule has 0 aromatic heterocycles. The summed E-state index contributed by atoms with van der Waals surface area (Å²) in [5, 5.41) is 0. The predicted octanol–water partition coefficient (Wildman–Crippen LogP) is 2.70. The molecular formula is C17H17NO5. The molecule has 0 fully saturated rings. The van der Waals surface area contributed by atoms with Crippen LogP contribution in [0.15, 0.2) is 54.6 Å². The molecule has 0 atom stereocenters. The van der Waals surface area contributed by atoms with Crippen LogP contribution in [0.4, 0.5) is 0 Å². The molecule has 0 spiro atoms. The second kappa shape index (κ2) is 8.67. The van der Waals surface area contributed by atoms with Gasteiger partial charge in [0, 0.05) is 12.2 Å². The van der Waals surface area contributed by atoms with E-state index in [2.05, 4.69) is 0 Å². The lowest BCUT2D eigenvalue weighted by Crippen LogP contribution is -2.31. The Morgan fingerprint density at radius 3 is 2.26 bits per heavy atom. The average Bonchev–Trinajstić information content (AvgIpc) is 2.59. The van der Waals surface area contributed by atoms with Crippen molar-refractivity contribution in [2.24, 2.45) is 0 Å². The molecule has 0 bridgehead atoms. The van der Waals surface area contributed by atoms with Gasteiger partial charge in [-0.05, 0) is 43.3 Å². The van der Waals surface area contributed by atoms with Crippen LogP contribution in [0.25, 0.3) is 0 Å². The van der Waals surface area contributed by atoms with Gasteiger partial charge in [-0.2, -0.15) is 0 Å².